The van der Waals surface area contributed by atoms with Crippen LogP contribution in [0.25, 0.3) is 0 Å². The molecule has 17 nitrogen and oxygen atoms in total. The summed E-state index contributed by atoms with van der Waals surface area (Å²) in [4.78, 5) is 72.8. The van der Waals surface area contributed by atoms with Gasteiger partial charge in [-0.05, 0) is 128 Å². The number of unbranched alkanes of at least 4 members (excludes halogenated alkanes) is 26. The van der Waals surface area contributed by atoms with E-state index in [-0.39, 0.29) is 25.7 Å². The zero-order valence-corrected chi connectivity index (χ0v) is 64.4. The summed E-state index contributed by atoms with van der Waals surface area (Å²) in [6.07, 6.45) is 79.1. The molecule has 3 N–H and O–H groups in total. The molecule has 5 atom stereocenters. The van der Waals surface area contributed by atoms with E-state index in [1.165, 1.54) is 64.2 Å². The molecule has 0 fully saturated rings. The van der Waals surface area contributed by atoms with Crippen molar-refractivity contribution in [3.8, 4) is 0 Å². The summed E-state index contributed by atoms with van der Waals surface area (Å²) in [7, 11) is -9.97. The Hall–Kier alpha value is -4.54. The molecule has 0 heterocycles. The van der Waals surface area contributed by atoms with Crippen molar-refractivity contribution in [3.63, 3.8) is 0 Å². The zero-order valence-electron chi connectivity index (χ0n) is 62.6. The van der Waals surface area contributed by atoms with Crippen molar-refractivity contribution in [1.82, 2.24) is 0 Å². The molecule has 0 aromatic heterocycles. The fourth-order valence-corrected chi connectivity index (χ4v) is 11.6. The third-order valence-corrected chi connectivity index (χ3v) is 17.8. The van der Waals surface area contributed by atoms with E-state index in [4.69, 9.17) is 37.0 Å². The molecule has 0 saturated carbocycles. The second kappa shape index (κ2) is 72.8. The second-order valence-corrected chi connectivity index (χ2v) is 28.4. The summed E-state index contributed by atoms with van der Waals surface area (Å²) in [6, 6.07) is 0. The number of hydrogen-bond donors (Lipinski definition) is 3. The van der Waals surface area contributed by atoms with Crippen LogP contribution in [0.4, 0.5) is 0 Å². The molecule has 0 rings (SSSR count). The van der Waals surface area contributed by atoms with Crippen molar-refractivity contribution in [2.24, 2.45) is 0 Å². The third kappa shape index (κ3) is 71.8. The predicted molar refractivity (Wildman–Crippen MR) is 408 cm³/mol. The second-order valence-electron chi connectivity index (χ2n) is 25.5. The first-order valence-corrected chi connectivity index (χ1v) is 41.8. The lowest BCUT2D eigenvalue weighted by molar-refractivity contribution is -0.161. The average molecular weight is 1450 g/mol. The molecular formula is C81H138O17P2. The molecule has 19 heteroatoms. The zero-order chi connectivity index (χ0) is 73.2. The van der Waals surface area contributed by atoms with Gasteiger partial charge in [0.25, 0.3) is 0 Å². The van der Waals surface area contributed by atoms with E-state index in [0.717, 1.165) is 161 Å². The first kappa shape index (κ1) is 95.5. The number of phosphoric acid groups is 2. The first-order valence-electron chi connectivity index (χ1n) is 38.8. The molecule has 0 aliphatic carbocycles. The molecular weight excluding hydrogens is 1310 g/mol. The number of phosphoric ester groups is 2. The Morgan fingerprint density at radius 3 is 0.860 bits per heavy atom. The van der Waals surface area contributed by atoms with Gasteiger partial charge in [0, 0.05) is 25.7 Å². The van der Waals surface area contributed by atoms with Crippen LogP contribution in [0.3, 0.4) is 0 Å². The topological polar surface area (TPSA) is 237 Å². The largest absolute Gasteiger partial charge is 0.472 e. The molecule has 0 aliphatic rings. The number of hydrogen-bond acceptors (Lipinski definition) is 15. The van der Waals surface area contributed by atoms with Gasteiger partial charge in [0.05, 0.1) is 26.4 Å². The molecule has 0 aliphatic heterocycles. The Balaban J connectivity index is 5.40. The van der Waals surface area contributed by atoms with Gasteiger partial charge in [-0.3, -0.25) is 37.3 Å². The minimum atomic E-state index is -5.00. The number of aliphatic hydroxyl groups excluding tert-OH is 1. The standard InChI is InChI=1S/C81H138O17P2/c1-5-9-13-17-21-25-29-32-34-36-37-39-40-43-47-50-54-58-62-66-79(84)92-72-77(98-81(86)68-64-60-56-52-48-44-41-38-35-33-30-26-22-18-14-10-6-2)74-96-100(89,90)94-70-75(82)69-93-99(87,88)95-73-76(97-80(85)67-63-59-55-51-45-28-24-20-16-12-8-4)71-91-78(83)65-61-57-53-49-46-42-31-27-23-19-15-11-7-3/h9-10,13-14,21-22,25-27,31-35,37,39,41,44,52,56,75-77,82H,5-8,11-12,15-20,23-24,28-30,36,38,40,42-43,45-51,53-55,57-74H2,1-4H3,(H,87,88)(H,89,90)/b13-9-,14-10-,25-21-,26-22-,31-27-,34-32-,35-33-,39-37-,44-41-,56-52-. The maximum Gasteiger partial charge on any atom is 0.472 e. The molecule has 0 spiro atoms. The summed E-state index contributed by atoms with van der Waals surface area (Å²) in [5.41, 5.74) is 0. The molecule has 100 heavy (non-hydrogen) atoms. The number of allylic oxidation sites excluding steroid dienone is 20. The van der Waals surface area contributed by atoms with Crippen LogP contribution in [0, 0.1) is 0 Å². The van der Waals surface area contributed by atoms with Crippen molar-refractivity contribution in [2.75, 3.05) is 39.6 Å². The number of carbonyl (C=O) groups is 4. The summed E-state index contributed by atoms with van der Waals surface area (Å²) >= 11 is 0. The lowest BCUT2D eigenvalue weighted by Gasteiger charge is -2.21. The molecule has 0 bridgehead atoms. The fourth-order valence-electron chi connectivity index (χ4n) is 10.1. The lowest BCUT2D eigenvalue weighted by atomic mass is 10.1. The smallest absolute Gasteiger partial charge is 0.462 e. The van der Waals surface area contributed by atoms with Crippen LogP contribution >= 0.6 is 15.6 Å². The Morgan fingerprint density at radius 2 is 0.530 bits per heavy atom. The van der Waals surface area contributed by atoms with Crippen molar-refractivity contribution >= 4 is 39.5 Å². The van der Waals surface area contributed by atoms with Crippen LogP contribution < -0.4 is 0 Å². The number of carbonyl (C=O) groups excluding carboxylic acids is 4. The van der Waals surface area contributed by atoms with Crippen molar-refractivity contribution in [2.45, 2.75) is 329 Å². The van der Waals surface area contributed by atoms with Crippen LogP contribution in [-0.4, -0.2) is 96.7 Å². The van der Waals surface area contributed by atoms with E-state index < -0.39 is 97.5 Å². The minimum Gasteiger partial charge on any atom is -0.462 e. The van der Waals surface area contributed by atoms with Gasteiger partial charge in [-0.25, -0.2) is 9.13 Å². The first-order chi connectivity index (χ1) is 48.7. The third-order valence-electron chi connectivity index (χ3n) is 15.9. The summed E-state index contributed by atoms with van der Waals surface area (Å²) in [5.74, 6) is -2.26. The number of aliphatic hydroxyl groups is 1. The van der Waals surface area contributed by atoms with E-state index in [2.05, 4.69) is 137 Å². The van der Waals surface area contributed by atoms with Gasteiger partial charge in [0.15, 0.2) is 12.2 Å². The predicted octanol–water partition coefficient (Wildman–Crippen LogP) is 22.3. The van der Waals surface area contributed by atoms with E-state index in [1.807, 2.05) is 12.2 Å². The van der Waals surface area contributed by atoms with Gasteiger partial charge in [0.2, 0.25) is 0 Å². The van der Waals surface area contributed by atoms with Crippen LogP contribution in [0.1, 0.15) is 310 Å². The molecule has 574 valence electrons. The number of ether oxygens (including phenoxy) is 4. The van der Waals surface area contributed by atoms with Crippen LogP contribution in [0.2, 0.25) is 0 Å². The van der Waals surface area contributed by atoms with Crippen molar-refractivity contribution in [1.29, 1.82) is 0 Å². The average Bonchev–Trinajstić information content (AvgIpc) is 1.05. The molecule has 0 amide bonds. The van der Waals surface area contributed by atoms with Crippen LogP contribution in [0.15, 0.2) is 122 Å². The van der Waals surface area contributed by atoms with Crippen LogP contribution in [0.5, 0.6) is 0 Å². The monoisotopic (exact) mass is 1440 g/mol. The van der Waals surface area contributed by atoms with E-state index in [1.54, 1.807) is 0 Å². The Morgan fingerprint density at radius 1 is 0.290 bits per heavy atom. The summed E-state index contributed by atoms with van der Waals surface area (Å²) in [5, 5.41) is 10.6. The molecule has 0 aromatic carbocycles. The molecule has 0 saturated heterocycles. The van der Waals surface area contributed by atoms with E-state index in [0.29, 0.717) is 32.1 Å². The Bertz CT molecular complexity index is 2370. The normalized spacial score (nSPS) is 14.6. The summed E-state index contributed by atoms with van der Waals surface area (Å²) < 4.78 is 68.4. The van der Waals surface area contributed by atoms with E-state index >= 15 is 0 Å². The highest BCUT2D eigenvalue weighted by atomic mass is 31.2. The minimum absolute atomic E-state index is 0.0110. The molecule has 0 aromatic rings. The number of esters is 4. The quantitative estimate of drug-likeness (QED) is 0.0169. The van der Waals surface area contributed by atoms with Crippen molar-refractivity contribution < 1.29 is 80.2 Å². The highest BCUT2D eigenvalue weighted by Gasteiger charge is 2.30. The molecule has 5 unspecified atom stereocenters. The fraction of sp³-hybridized carbons (Fsp3) is 0.704. The lowest BCUT2D eigenvalue weighted by Crippen LogP contribution is -2.30. The van der Waals surface area contributed by atoms with Crippen molar-refractivity contribution in [3.05, 3.63) is 122 Å². The Kier molecular flexibility index (Phi) is 69.5. The molecule has 0 radical (unpaired) electrons. The maximum absolute atomic E-state index is 13.1. The summed E-state index contributed by atoms with van der Waals surface area (Å²) in [6.45, 7) is 4.54. The van der Waals surface area contributed by atoms with E-state index in [9.17, 15) is 43.2 Å². The van der Waals surface area contributed by atoms with Gasteiger partial charge in [-0.1, -0.05) is 278 Å². The highest BCUT2D eigenvalue weighted by molar-refractivity contribution is 7.47. The SMILES string of the molecule is CC/C=C\C/C=C\C/C=C\C/C=C\C/C=C\CCCC(=O)OC(COC(=O)CCCCCCCC/C=C\C/C=C\C/C=C\C/C=C\CC)COP(=O)(O)OCC(O)COP(=O)(O)OCC(COC(=O)CCCCCCC/C=C\CCCCCC)OC(=O)CCCCCCCCCCCCC. The number of rotatable bonds is 72. The van der Waals surface area contributed by atoms with Gasteiger partial charge >= 0.3 is 39.5 Å². The van der Waals surface area contributed by atoms with Gasteiger partial charge in [0.1, 0.15) is 19.3 Å². The van der Waals surface area contributed by atoms with Gasteiger partial charge in [-0.2, -0.15) is 0 Å². The van der Waals surface area contributed by atoms with Crippen LogP contribution in [-0.2, 0) is 65.4 Å². The maximum atomic E-state index is 13.1. The van der Waals surface area contributed by atoms with Gasteiger partial charge < -0.3 is 33.8 Å². The van der Waals surface area contributed by atoms with Gasteiger partial charge in [-0.15, -0.1) is 0 Å². The Labute approximate surface area is 606 Å². The highest BCUT2D eigenvalue weighted by Crippen LogP contribution is 2.45.